The predicted molar refractivity (Wildman–Crippen MR) is 123 cm³/mol. The molecule has 1 fully saturated rings. The number of likely N-dealkylation sites (tertiary alicyclic amines) is 1. The highest BCUT2D eigenvalue weighted by molar-refractivity contribution is 7.92. The monoisotopic (exact) mass is 506 g/mol. The number of benzene rings is 1. The molecule has 186 valence electrons. The summed E-state index contributed by atoms with van der Waals surface area (Å²) in [5.74, 6) is -1.56. The van der Waals surface area contributed by atoms with Gasteiger partial charge in [0.05, 0.1) is 35.3 Å². The first-order valence-electron chi connectivity index (χ1n) is 10.9. The fourth-order valence-electron chi connectivity index (χ4n) is 3.93. The summed E-state index contributed by atoms with van der Waals surface area (Å²) in [6.07, 6.45) is -0.125. The van der Waals surface area contributed by atoms with E-state index in [0.29, 0.717) is 29.9 Å². The van der Waals surface area contributed by atoms with Crippen LogP contribution in [0.15, 0.2) is 53.1 Å². The van der Waals surface area contributed by atoms with E-state index < -0.39 is 34.3 Å². The fourth-order valence-corrected chi connectivity index (χ4v) is 5.39. The molecule has 0 aliphatic carbocycles. The summed E-state index contributed by atoms with van der Waals surface area (Å²) in [5.41, 5.74) is 6.66. The number of carbonyl (C=O) groups is 1. The van der Waals surface area contributed by atoms with Crippen molar-refractivity contribution >= 4 is 21.6 Å². The van der Waals surface area contributed by atoms with Crippen molar-refractivity contribution in [1.29, 1.82) is 0 Å². The molecular weight excluding hydrogens is 482 g/mol. The Hall–Kier alpha value is -3.45. The van der Waals surface area contributed by atoms with E-state index in [9.17, 15) is 22.0 Å². The Morgan fingerprint density at radius 3 is 2.60 bits per heavy atom. The molecule has 0 unspecified atom stereocenters. The lowest BCUT2D eigenvalue weighted by Gasteiger charge is -2.27. The maximum atomic E-state index is 13.4. The summed E-state index contributed by atoms with van der Waals surface area (Å²) in [4.78, 5) is 17.7. The summed E-state index contributed by atoms with van der Waals surface area (Å²) in [6, 6.07) is 11.2. The standard InChI is InChI=1S/C22H24F2N6O4S/c23-19(24)22-28-27-21(34-22)15-8-9-16(26-13-15)14-30(17-5-2-1-3-6-17)35(32,33)12-11-29-10-4-7-18(29)20(25)31/h1-3,5-6,8-9,13,18-19H,4,7,10-12,14H2,(H2,25,31)/t18-/m0/s1. The molecule has 13 heteroatoms. The minimum Gasteiger partial charge on any atom is -0.415 e. The number of sulfonamides is 1. The summed E-state index contributed by atoms with van der Waals surface area (Å²) in [6.45, 7) is 0.730. The average molecular weight is 507 g/mol. The summed E-state index contributed by atoms with van der Waals surface area (Å²) in [5, 5.41) is 6.87. The van der Waals surface area contributed by atoms with E-state index in [-0.39, 0.29) is 24.7 Å². The lowest BCUT2D eigenvalue weighted by Crippen LogP contribution is -2.44. The van der Waals surface area contributed by atoms with E-state index in [2.05, 4.69) is 15.2 Å². The van der Waals surface area contributed by atoms with Crippen molar-refractivity contribution in [2.24, 2.45) is 5.73 Å². The molecule has 3 heterocycles. The molecule has 1 aliphatic heterocycles. The number of carbonyl (C=O) groups excluding carboxylic acids is 1. The highest BCUT2D eigenvalue weighted by Gasteiger charge is 2.31. The van der Waals surface area contributed by atoms with Gasteiger partial charge in [0.1, 0.15) is 0 Å². The fraction of sp³-hybridized carbons (Fsp3) is 0.364. The number of hydrogen-bond acceptors (Lipinski definition) is 8. The Kier molecular flexibility index (Phi) is 7.36. The van der Waals surface area contributed by atoms with E-state index in [1.807, 2.05) is 0 Å². The van der Waals surface area contributed by atoms with E-state index in [0.717, 1.165) is 6.42 Å². The molecule has 1 aromatic carbocycles. The first kappa shape index (κ1) is 24.7. The molecule has 0 bridgehead atoms. The Balaban J connectivity index is 1.52. The second kappa shape index (κ2) is 10.4. The molecule has 1 saturated heterocycles. The Labute approximate surface area is 200 Å². The Morgan fingerprint density at radius 2 is 1.97 bits per heavy atom. The van der Waals surface area contributed by atoms with Crippen LogP contribution in [-0.4, -0.2) is 59.3 Å². The number of alkyl halides is 2. The molecule has 1 aliphatic rings. The van der Waals surface area contributed by atoms with Gasteiger partial charge >= 0.3 is 6.43 Å². The third-order valence-electron chi connectivity index (χ3n) is 5.71. The second-order valence-corrected chi connectivity index (χ2v) is 10.1. The van der Waals surface area contributed by atoms with E-state index in [1.54, 1.807) is 47.4 Å². The second-order valence-electron chi connectivity index (χ2n) is 8.04. The minimum absolute atomic E-state index is 0.0575. The number of hydrogen-bond donors (Lipinski definition) is 1. The highest BCUT2D eigenvalue weighted by atomic mass is 32.2. The SMILES string of the molecule is NC(=O)[C@@H]1CCCN1CCS(=O)(=O)N(Cc1ccc(-c2nnc(C(F)F)o2)cn1)c1ccccc1. The van der Waals surface area contributed by atoms with Crippen LogP contribution in [0.5, 0.6) is 0 Å². The van der Waals surface area contributed by atoms with Crippen LogP contribution in [0.2, 0.25) is 0 Å². The van der Waals surface area contributed by atoms with E-state index >= 15 is 0 Å². The summed E-state index contributed by atoms with van der Waals surface area (Å²) >= 11 is 0. The lowest BCUT2D eigenvalue weighted by atomic mass is 10.2. The maximum Gasteiger partial charge on any atom is 0.314 e. The number of para-hydroxylation sites is 1. The van der Waals surface area contributed by atoms with Crippen molar-refractivity contribution in [3.63, 3.8) is 0 Å². The molecule has 0 radical (unpaired) electrons. The number of rotatable bonds is 10. The molecule has 1 amide bonds. The quantitative estimate of drug-likeness (QED) is 0.443. The van der Waals surface area contributed by atoms with Crippen LogP contribution in [0.4, 0.5) is 14.5 Å². The summed E-state index contributed by atoms with van der Waals surface area (Å²) in [7, 11) is -3.80. The number of anilines is 1. The van der Waals surface area contributed by atoms with Crippen LogP contribution in [0.1, 0.15) is 30.9 Å². The van der Waals surface area contributed by atoms with E-state index in [1.165, 1.54) is 10.5 Å². The van der Waals surface area contributed by atoms with Gasteiger partial charge < -0.3 is 10.2 Å². The summed E-state index contributed by atoms with van der Waals surface area (Å²) < 4.78 is 58.3. The topological polar surface area (TPSA) is 136 Å². The van der Waals surface area contributed by atoms with Crippen LogP contribution in [0.3, 0.4) is 0 Å². The van der Waals surface area contributed by atoms with Gasteiger partial charge in [-0.3, -0.25) is 19.0 Å². The number of amides is 1. The number of pyridine rings is 1. The zero-order valence-corrected chi connectivity index (χ0v) is 19.4. The Bertz CT molecular complexity index is 1250. The van der Waals surface area contributed by atoms with Crippen molar-refractivity contribution in [3.05, 3.63) is 60.2 Å². The van der Waals surface area contributed by atoms with Crippen LogP contribution in [-0.2, 0) is 21.4 Å². The van der Waals surface area contributed by atoms with Gasteiger partial charge in [-0.05, 0) is 43.7 Å². The number of nitrogens with zero attached hydrogens (tertiary/aromatic N) is 5. The molecule has 0 spiro atoms. The van der Waals surface area contributed by atoms with Gasteiger partial charge in [0.2, 0.25) is 21.8 Å². The number of nitrogens with two attached hydrogens (primary N) is 1. The van der Waals surface area contributed by atoms with Gasteiger partial charge in [-0.1, -0.05) is 18.2 Å². The van der Waals surface area contributed by atoms with Crippen LogP contribution < -0.4 is 10.0 Å². The van der Waals surface area contributed by atoms with E-state index in [4.69, 9.17) is 10.2 Å². The molecule has 0 saturated carbocycles. The first-order valence-corrected chi connectivity index (χ1v) is 12.5. The average Bonchev–Trinajstić information content (AvgIpc) is 3.52. The number of halogens is 2. The van der Waals surface area contributed by atoms with Crippen molar-refractivity contribution < 1.29 is 26.4 Å². The number of aromatic nitrogens is 3. The van der Waals surface area contributed by atoms with Crippen molar-refractivity contribution in [1.82, 2.24) is 20.1 Å². The van der Waals surface area contributed by atoms with Gasteiger partial charge in [-0.2, -0.15) is 8.78 Å². The molecule has 2 aromatic heterocycles. The van der Waals surface area contributed by atoms with Gasteiger partial charge in [-0.15, -0.1) is 10.2 Å². The zero-order valence-electron chi connectivity index (χ0n) is 18.6. The molecule has 35 heavy (non-hydrogen) atoms. The number of primary amides is 1. The highest BCUT2D eigenvalue weighted by Crippen LogP contribution is 2.25. The third kappa shape index (κ3) is 5.80. The molecule has 1 atom stereocenters. The van der Waals surface area contributed by atoms with Crippen LogP contribution in [0, 0.1) is 0 Å². The maximum absolute atomic E-state index is 13.4. The smallest absolute Gasteiger partial charge is 0.314 e. The van der Waals surface area contributed by atoms with Gasteiger partial charge in [-0.25, -0.2) is 8.42 Å². The lowest BCUT2D eigenvalue weighted by molar-refractivity contribution is -0.122. The molecule has 10 nitrogen and oxygen atoms in total. The van der Waals surface area contributed by atoms with Gasteiger partial charge in [0.25, 0.3) is 5.89 Å². The minimum atomic E-state index is -3.80. The third-order valence-corrected chi connectivity index (χ3v) is 7.42. The van der Waals surface area contributed by atoms with Crippen molar-refractivity contribution in [2.45, 2.75) is 31.9 Å². The molecule has 3 aromatic rings. The largest absolute Gasteiger partial charge is 0.415 e. The molecule has 2 N–H and O–H groups in total. The van der Waals surface area contributed by atoms with Gasteiger partial charge in [0, 0.05) is 12.7 Å². The van der Waals surface area contributed by atoms with Crippen LogP contribution in [0.25, 0.3) is 11.5 Å². The first-order chi connectivity index (χ1) is 16.7. The molecular formula is C22H24F2N6O4S. The van der Waals surface area contributed by atoms with Crippen LogP contribution >= 0.6 is 0 Å². The van der Waals surface area contributed by atoms with Crippen molar-refractivity contribution in [3.8, 4) is 11.5 Å². The zero-order chi connectivity index (χ0) is 25.0. The Morgan fingerprint density at radius 1 is 1.20 bits per heavy atom. The normalized spacial score (nSPS) is 16.6. The van der Waals surface area contributed by atoms with Crippen molar-refractivity contribution in [2.75, 3.05) is 23.1 Å². The van der Waals surface area contributed by atoms with Gasteiger partial charge in [0.15, 0.2) is 0 Å². The molecule has 4 rings (SSSR count). The predicted octanol–water partition coefficient (Wildman–Crippen LogP) is 2.36.